The molecule has 0 radical (unpaired) electrons. The third-order valence-corrected chi connectivity index (χ3v) is 13.9. The van der Waals surface area contributed by atoms with Gasteiger partial charge in [-0.1, -0.05) is 32.4 Å². The summed E-state index contributed by atoms with van der Waals surface area (Å²) in [5, 5.41) is 27.8. The van der Waals surface area contributed by atoms with E-state index in [4.69, 9.17) is 9.47 Å². The van der Waals surface area contributed by atoms with Crippen molar-refractivity contribution in [2.75, 3.05) is 0 Å². The number of ether oxygens (including phenoxy) is 2. The Morgan fingerprint density at radius 2 is 1.68 bits per heavy atom. The number of halogens is 1. The Balaban J connectivity index is 1.27. The van der Waals surface area contributed by atoms with E-state index in [9.17, 15) is 43.4 Å². The Morgan fingerprint density at radius 3 is 2.30 bits per heavy atom. The fourth-order valence-corrected chi connectivity index (χ4v) is 11.0. The van der Waals surface area contributed by atoms with Crippen molar-refractivity contribution >= 4 is 29.3 Å². The number of nitrogens with zero attached hydrogens (tertiary/aromatic N) is 3. The lowest BCUT2D eigenvalue weighted by molar-refractivity contribution is -0.185. The smallest absolute Gasteiger partial charge is 0.350 e. The highest BCUT2D eigenvalue weighted by Gasteiger charge is 2.74. The number of carbonyl (C=O) groups excluding carboxylic acids is 5. The number of fused-ring (bicyclic) bond motifs is 5. The first-order valence-corrected chi connectivity index (χ1v) is 19.0. The molecule has 302 valence electrons. The van der Waals surface area contributed by atoms with Crippen LogP contribution in [0.2, 0.25) is 0 Å². The topological polar surface area (TPSA) is 184 Å². The number of Topliss-reactive ketones (excluding diaryl/α,β-unsaturated/α-hetero) is 2. The molecule has 6 rings (SSSR count). The SMILES string of the molecule is CC(=O)OC(C)(C)/C=C/C(=O)C(C)(O)[C@H]1[C@H](O)C[C@@]2(C)[C@@H]3CC=C4[C@@H](C[C@H](OC(=O)Cn5ncn(-c6ccc(F)cc6)c5=O)C(=O)C4(C)C)[C@]3(C)C(=O)C[C@]12C. The van der Waals surface area contributed by atoms with Crippen LogP contribution in [-0.4, -0.2) is 77.3 Å². The van der Waals surface area contributed by atoms with E-state index in [1.807, 2.05) is 26.8 Å². The zero-order valence-corrected chi connectivity index (χ0v) is 33.4. The summed E-state index contributed by atoms with van der Waals surface area (Å²) in [5.41, 5.74) is -6.74. The molecule has 3 fully saturated rings. The van der Waals surface area contributed by atoms with Crippen molar-refractivity contribution in [1.29, 1.82) is 0 Å². The van der Waals surface area contributed by atoms with E-state index in [1.54, 1.807) is 27.7 Å². The number of aliphatic hydroxyl groups excluding tert-OH is 1. The van der Waals surface area contributed by atoms with Gasteiger partial charge in [-0.15, -0.1) is 0 Å². The summed E-state index contributed by atoms with van der Waals surface area (Å²) in [6, 6.07) is 5.17. The molecule has 1 unspecified atom stereocenters. The van der Waals surface area contributed by atoms with Gasteiger partial charge in [-0.2, -0.15) is 5.10 Å². The zero-order chi connectivity index (χ0) is 41.6. The average Bonchev–Trinajstić information content (AvgIpc) is 3.54. The summed E-state index contributed by atoms with van der Waals surface area (Å²) in [5.74, 6) is -5.00. The number of esters is 2. The van der Waals surface area contributed by atoms with Crippen molar-refractivity contribution < 1.29 is 48.0 Å². The van der Waals surface area contributed by atoms with E-state index in [1.165, 1.54) is 50.5 Å². The number of benzene rings is 1. The van der Waals surface area contributed by atoms with Crippen molar-refractivity contribution in [1.82, 2.24) is 14.3 Å². The first kappa shape index (κ1) is 41.1. The Morgan fingerprint density at radius 1 is 1.04 bits per heavy atom. The van der Waals surface area contributed by atoms with Gasteiger partial charge < -0.3 is 19.7 Å². The van der Waals surface area contributed by atoms with Crippen LogP contribution >= 0.6 is 0 Å². The van der Waals surface area contributed by atoms with Gasteiger partial charge in [-0.3, -0.25) is 24.0 Å². The number of hydrogen-bond acceptors (Lipinski definition) is 11. The van der Waals surface area contributed by atoms with Gasteiger partial charge in [0.15, 0.2) is 17.7 Å². The van der Waals surface area contributed by atoms with Crippen molar-refractivity contribution in [3.8, 4) is 5.69 Å². The number of carbonyl (C=O) groups is 5. The number of aromatic nitrogens is 3. The quantitative estimate of drug-likeness (QED) is 0.211. The maximum Gasteiger partial charge on any atom is 0.350 e. The van der Waals surface area contributed by atoms with E-state index in [-0.39, 0.29) is 36.7 Å². The van der Waals surface area contributed by atoms with Crippen molar-refractivity contribution in [3.63, 3.8) is 0 Å². The minimum absolute atomic E-state index is 0.0232. The summed E-state index contributed by atoms with van der Waals surface area (Å²) >= 11 is 0. The van der Waals surface area contributed by atoms with Crippen LogP contribution < -0.4 is 5.69 Å². The van der Waals surface area contributed by atoms with Crippen LogP contribution in [0.15, 0.2) is 59.2 Å². The molecule has 0 spiro atoms. The van der Waals surface area contributed by atoms with Gasteiger partial charge in [0, 0.05) is 30.1 Å². The molecule has 1 aromatic carbocycles. The van der Waals surface area contributed by atoms with Crippen LogP contribution in [0.4, 0.5) is 4.39 Å². The third-order valence-electron chi connectivity index (χ3n) is 13.9. The summed E-state index contributed by atoms with van der Waals surface area (Å²) in [4.78, 5) is 80.5. The van der Waals surface area contributed by atoms with E-state index in [0.717, 1.165) is 20.9 Å². The fraction of sp³-hybridized carbons (Fsp3) is 0.595. The molecule has 0 saturated heterocycles. The van der Waals surface area contributed by atoms with Crippen molar-refractivity contribution in [2.24, 2.45) is 39.4 Å². The number of allylic oxidation sites excluding steroid dienone is 2. The summed E-state index contributed by atoms with van der Waals surface area (Å²) in [6.45, 7) is 14.5. The van der Waals surface area contributed by atoms with Crippen LogP contribution in [0.25, 0.3) is 5.69 Å². The van der Waals surface area contributed by atoms with E-state index < -0.39 is 92.7 Å². The Bertz CT molecular complexity index is 2110. The predicted octanol–water partition coefficient (Wildman–Crippen LogP) is 4.24. The largest absolute Gasteiger partial charge is 0.456 e. The highest BCUT2D eigenvalue weighted by molar-refractivity contribution is 5.98. The minimum atomic E-state index is -2.09. The van der Waals surface area contributed by atoms with Crippen LogP contribution in [0, 0.1) is 45.2 Å². The summed E-state index contributed by atoms with van der Waals surface area (Å²) in [7, 11) is 0. The Kier molecular flexibility index (Phi) is 9.93. The molecule has 1 heterocycles. The van der Waals surface area contributed by atoms with Crippen LogP contribution in [0.5, 0.6) is 0 Å². The first-order chi connectivity index (χ1) is 25.8. The number of aliphatic hydroxyl groups is 2. The molecule has 0 bridgehead atoms. The van der Waals surface area contributed by atoms with Gasteiger partial charge in [0.1, 0.15) is 35.7 Å². The van der Waals surface area contributed by atoms with Crippen molar-refractivity contribution in [2.45, 2.75) is 118 Å². The molecule has 3 saturated carbocycles. The van der Waals surface area contributed by atoms with Crippen LogP contribution in [0.1, 0.15) is 88.0 Å². The Labute approximate surface area is 324 Å². The number of rotatable bonds is 9. The molecule has 4 aliphatic rings. The van der Waals surface area contributed by atoms with Gasteiger partial charge in [-0.05, 0) is 113 Å². The number of ketones is 3. The second-order valence-corrected chi connectivity index (χ2v) is 18.1. The molecule has 1 aromatic heterocycles. The molecule has 13 nitrogen and oxygen atoms in total. The number of hydrogen-bond donors (Lipinski definition) is 2. The standard InChI is InChI=1S/C42H52FN3O10/c1-23(47)56-37(2,3)17-16-31(49)42(9,54)34-28(48)19-39(6)30-15-14-26-27(41(30,8)32(50)20-40(34,39)7)18-29(35(52)38(26,4)5)55-33(51)21-46-36(53)45(22-44-46)25-12-10-24(43)11-13-25/h10-14,16-17,22,27-30,34,48,54H,15,18-21H2,1-9H3/b17-16+/t27-,28-,29+,30+,34+,39+,40-,41+,42?/m1/s1. The molecular formula is C42H52FN3O10. The highest BCUT2D eigenvalue weighted by Crippen LogP contribution is 2.74. The normalized spacial score (nSPS) is 33.5. The molecule has 2 N–H and O–H groups in total. The predicted molar refractivity (Wildman–Crippen MR) is 199 cm³/mol. The van der Waals surface area contributed by atoms with Gasteiger partial charge in [-0.25, -0.2) is 18.4 Å². The van der Waals surface area contributed by atoms with Gasteiger partial charge in [0.25, 0.3) is 0 Å². The molecule has 9 atom stereocenters. The van der Waals surface area contributed by atoms with E-state index in [2.05, 4.69) is 5.10 Å². The lowest BCUT2D eigenvalue weighted by atomic mass is 9.38. The molecule has 14 heteroatoms. The molecule has 2 aromatic rings. The summed E-state index contributed by atoms with van der Waals surface area (Å²) in [6.07, 6.45) is 3.94. The van der Waals surface area contributed by atoms with E-state index >= 15 is 0 Å². The minimum Gasteiger partial charge on any atom is -0.456 e. The monoisotopic (exact) mass is 777 g/mol. The van der Waals surface area contributed by atoms with Gasteiger partial charge in [0.2, 0.25) is 0 Å². The molecule has 0 aliphatic heterocycles. The average molecular weight is 778 g/mol. The van der Waals surface area contributed by atoms with Gasteiger partial charge in [0.05, 0.1) is 11.8 Å². The fourth-order valence-electron chi connectivity index (χ4n) is 11.0. The Hall–Kier alpha value is -4.56. The van der Waals surface area contributed by atoms with Crippen molar-refractivity contribution in [3.05, 3.63) is 70.7 Å². The second-order valence-electron chi connectivity index (χ2n) is 18.1. The third kappa shape index (κ3) is 6.32. The maximum absolute atomic E-state index is 14.8. The lowest BCUT2D eigenvalue weighted by Crippen LogP contribution is -2.65. The highest BCUT2D eigenvalue weighted by atomic mass is 19.1. The molecule has 56 heavy (non-hydrogen) atoms. The maximum atomic E-state index is 14.8. The van der Waals surface area contributed by atoms with E-state index in [0.29, 0.717) is 12.1 Å². The first-order valence-electron chi connectivity index (χ1n) is 19.0. The zero-order valence-electron chi connectivity index (χ0n) is 33.4. The molecular weight excluding hydrogens is 725 g/mol. The van der Waals surface area contributed by atoms with Crippen LogP contribution in [0.3, 0.4) is 0 Å². The second kappa shape index (κ2) is 13.5. The molecule has 0 amide bonds. The lowest BCUT2D eigenvalue weighted by Gasteiger charge is -2.64. The molecule has 4 aliphatic carbocycles. The summed E-state index contributed by atoms with van der Waals surface area (Å²) < 4.78 is 26.6. The van der Waals surface area contributed by atoms with Gasteiger partial charge >= 0.3 is 17.6 Å². The van der Waals surface area contributed by atoms with Crippen LogP contribution in [-0.2, 0) is 40.0 Å².